The molecule has 0 fully saturated rings. The fourth-order valence-corrected chi connectivity index (χ4v) is 4.10. The van der Waals surface area contributed by atoms with E-state index in [9.17, 15) is 9.90 Å². The minimum Gasteiger partial charge on any atom is -0.506 e. The predicted octanol–water partition coefficient (Wildman–Crippen LogP) is 3.32. The number of hydrogen-bond donors (Lipinski definition) is 2. The van der Waals surface area contributed by atoms with Crippen molar-refractivity contribution in [1.29, 1.82) is 5.26 Å². The maximum absolute atomic E-state index is 11.8. The van der Waals surface area contributed by atoms with Crippen LogP contribution in [-0.2, 0) is 12.8 Å². The number of nitrogens with one attached hydrogen (secondary N) is 1. The first-order chi connectivity index (χ1) is 10.7. The predicted molar refractivity (Wildman–Crippen MR) is 86.3 cm³/mol. The monoisotopic (exact) mass is 308 g/mol. The first-order valence-corrected chi connectivity index (χ1v) is 7.95. The van der Waals surface area contributed by atoms with Gasteiger partial charge in [0.1, 0.15) is 16.6 Å². The zero-order valence-electron chi connectivity index (χ0n) is 11.6. The second kappa shape index (κ2) is 4.72. The number of nitriles is 1. The number of aromatic hydroxyl groups is 1. The number of aryl methyl sites for hydroxylation is 2. The van der Waals surface area contributed by atoms with Crippen molar-refractivity contribution in [3.63, 3.8) is 0 Å². The van der Waals surface area contributed by atoms with Crippen molar-refractivity contribution in [2.24, 2.45) is 0 Å². The molecule has 0 atom stereocenters. The third-order valence-corrected chi connectivity index (χ3v) is 5.14. The summed E-state index contributed by atoms with van der Waals surface area (Å²) in [6.07, 6.45) is 3.38. The Morgan fingerprint density at radius 2 is 2.09 bits per heavy atom. The van der Waals surface area contributed by atoms with E-state index in [2.05, 4.69) is 17.1 Å². The van der Waals surface area contributed by atoms with Crippen molar-refractivity contribution in [2.45, 2.75) is 19.3 Å². The van der Waals surface area contributed by atoms with Gasteiger partial charge in [-0.3, -0.25) is 4.79 Å². The first-order valence-electron chi connectivity index (χ1n) is 7.07. The highest BCUT2D eigenvalue weighted by molar-refractivity contribution is 7.17. The maximum Gasteiger partial charge on any atom is 0.270 e. The lowest BCUT2D eigenvalue weighted by Gasteiger charge is -2.06. The lowest BCUT2D eigenvalue weighted by atomic mass is 10.00. The zero-order valence-corrected chi connectivity index (χ0v) is 12.5. The molecule has 4 rings (SSSR count). The molecule has 0 radical (unpaired) electrons. The topological polar surface area (TPSA) is 76.9 Å². The average molecular weight is 308 g/mol. The summed E-state index contributed by atoms with van der Waals surface area (Å²) in [7, 11) is 0. The van der Waals surface area contributed by atoms with E-state index >= 15 is 0 Å². The third kappa shape index (κ3) is 1.78. The van der Waals surface area contributed by atoms with Crippen LogP contribution in [0, 0.1) is 11.3 Å². The van der Waals surface area contributed by atoms with Crippen LogP contribution in [0.25, 0.3) is 21.3 Å². The molecule has 4 nitrogen and oxygen atoms in total. The summed E-state index contributed by atoms with van der Waals surface area (Å²) in [5.74, 6) is -0.224. The van der Waals surface area contributed by atoms with Gasteiger partial charge in [0.2, 0.25) is 0 Å². The number of thiophene rings is 1. The maximum atomic E-state index is 11.8. The van der Waals surface area contributed by atoms with Gasteiger partial charge < -0.3 is 10.1 Å². The Morgan fingerprint density at radius 1 is 1.27 bits per heavy atom. The number of aromatic amines is 1. The molecular formula is C17H12N2O2S. The Kier molecular flexibility index (Phi) is 2.81. The molecule has 0 bridgehead atoms. The number of nitrogens with zero attached hydrogens (tertiary/aromatic N) is 1. The quantitative estimate of drug-likeness (QED) is 0.724. The molecule has 2 aromatic heterocycles. The lowest BCUT2D eigenvalue weighted by molar-refractivity contribution is 0.479. The minimum atomic E-state index is -0.546. The van der Waals surface area contributed by atoms with Crippen LogP contribution in [0.2, 0.25) is 0 Å². The van der Waals surface area contributed by atoms with Crippen LogP contribution >= 0.6 is 11.3 Å². The Hall–Kier alpha value is -2.58. The molecule has 2 N–H and O–H groups in total. The van der Waals surface area contributed by atoms with Crippen LogP contribution in [0.4, 0.5) is 0 Å². The van der Waals surface area contributed by atoms with Crippen LogP contribution in [0.15, 0.2) is 28.4 Å². The molecular weight excluding hydrogens is 296 g/mol. The van der Waals surface area contributed by atoms with E-state index in [0.29, 0.717) is 10.2 Å². The van der Waals surface area contributed by atoms with Crippen molar-refractivity contribution in [2.75, 3.05) is 0 Å². The number of rotatable bonds is 1. The normalized spacial score (nSPS) is 13.2. The number of benzene rings is 1. The molecule has 2 heterocycles. The van der Waals surface area contributed by atoms with Crippen molar-refractivity contribution in [3.05, 3.63) is 50.6 Å². The van der Waals surface area contributed by atoms with E-state index in [-0.39, 0.29) is 11.3 Å². The van der Waals surface area contributed by atoms with Crippen LogP contribution in [0.1, 0.15) is 23.1 Å². The van der Waals surface area contributed by atoms with E-state index in [1.165, 1.54) is 28.9 Å². The van der Waals surface area contributed by atoms with Gasteiger partial charge in [0.05, 0.1) is 5.39 Å². The highest BCUT2D eigenvalue weighted by Gasteiger charge is 2.18. The molecule has 3 aromatic rings. The van der Waals surface area contributed by atoms with Crippen molar-refractivity contribution in [1.82, 2.24) is 4.98 Å². The Balaban J connectivity index is 2.00. The highest BCUT2D eigenvalue weighted by atomic mass is 32.1. The summed E-state index contributed by atoms with van der Waals surface area (Å²) in [6, 6.07) is 8.11. The van der Waals surface area contributed by atoms with E-state index in [4.69, 9.17) is 5.26 Å². The van der Waals surface area contributed by atoms with Crippen LogP contribution < -0.4 is 5.56 Å². The van der Waals surface area contributed by atoms with Crippen molar-refractivity contribution in [3.8, 4) is 22.9 Å². The van der Waals surface area contributed by atoms with Gasteiger partial charge in [-0.1, -0.05) is 18.2 Å². The standard InChI is InChI=1S/C17H12N2O2S/c18-7-12-15(20)14-13(8-22-17(14)19-16(12)21)11-5-4-9-2-1-3-10(9)6-11/h4-6,8H,1-3H2,(H2,19,20,21). The van der Waals surface area contributed by atoms with Crippen molar-refractivity contribution < 1.29 is 5.11 Å². The Morgan fingerprint density at radius 3 is 2.91 bits per heavy atom. The molecule has 0 amide bonds. The molecule has 1 aromatic carbocycles. The molecule has 1 aliphatic carbocycles. The largest absolute Gasteiger partial charge is 0.506 e. The van der Waals surface area contributed by atoms with Gasteiger partial charge in [0, 0.05) is 10.9 Å². The molecule has 0 saturated heterocycles. The highest BCUT2D eigenvalue weighted by Crippen LogP contribution is 2.39. The smallest absolute Gasteiger partial charge is 0.270 e. The molecule has 5 heteroatoms. The fraction of sp³-hybridized carbons (Fsp3) is 0.176. The van der Waals surface area contributed by atoms with Crippen LogP contribution in [0.3, 0.4) is 0 Å². The SMILES string of the molecule is N#Cc1c(O)c2c(-c3ccc4c(c3)CCC4)csc2[nH]c1=O. The van der Waals surface area contributed by atoms with Gasteiger partial charge >= 0.3 is 0 Å². The molecule has 108 valence electrons. The van der Waals surface area contributed by atoms with Gasteiger partial charge in [-0.15, -0.1) is 11.3 Å². The van der Waals surface area contributed by atoms with E-state index in [1.807, 2.05) is 11.4 Å². The lowest BCUT2D eigenvalue weighted by Crippen LogP contribution is -2.09. The fourth-order valence-electron chi connectivity index (χ4n) is 3.14. The zero-order chi connectivity index (χ0) is 15.3. The van der Waals surface area contributed by atoms with E-state index in [0.717, 1.165) is 24.0 Å². The minimum absolute atomic E-state index is 0.224. The van der Waals surface area contributed by atoms with Gasteiger partial charge in [-0.2, -0.15) is 5.26 Å². The number of aromatic nitrogens is 1. The summed E-state index contributed by atoms with van der Waals surface area (Å²) >= 11 is 1.36. The van der Waals surface area contributed by atoms with Gasteiger partial charge in [-0.05, 0) is 36.0 Å². The molecule has 0 aliphatic heterocycles. The molecule has 1 aliphatic rings. The summed E-state index contributed by atoms with van der Waals surface area (Å²) in [5, 5.41) is 21.8. The van der Waals surface area contributed by atoms with Crippen LogP contribution in [-0.4, -0.2) is 10.1 Å². The molecule has 0 unspecified atom stereocenters. The van der Waals surface area contributed by atoms with Crippen molar-refractivity contribution >= 4 is 21.6 Å². The first kappa shape index (κ1) is 13.1. The van der Waals surface area contributed by atoms with Gasteiger partial charge in [0.15, 0.2) is 5.56 Å². The Labute approximate surface area is 130 Å². The number of pyridine rings is 1. The number of H-pyrrole nitrogens is 1. The number of fused-ring (bicyclic) bond motifs is 2. The summed E-state index contributed by atoms with van der Waals surface area (Å²) < 4.78 is 0. The molecule has 22 heavy (non-hydrogen) atoms. The van der Waals surface area contributed by atoms with E-state index < -0.39 is 5.56 Å². The van der Waals surface area contributed by atoms with E-state index in [1.54, 1.807) is 6.07 Å². The molecule has 0 spiro atoms. The van der Waals surface area contributed by atoms with Gasteiger partial charge in [0.25, 0.3) is 5.56 Å². The van der Waals surface area contributed by atoms with Gasteiger partial charge in [-0.25, -0.2) is 0 Å². The summed E-state index contributed by atoms with van der Waals surface area (Å²) in [6.45, 7) is 0. The summed E-state index contributed by atoms with van der Waals surface area (Å²) in [4.78, 5) is 15.0. The third-order valence-electron chi connectivity index (χ3n) is 4.24. The Bertz CT molecular complexity index is 1010. The van der Waals surface area contributed by atoms with Crippen LogP contribution in [0.5, 0.6) is 5.75 Å². The molecule has 0 saturated carbocycles. The average Bonchev–Trinajstić information content (AvgIpc) is 3.12. The number of hydrogen-bond acceptors (Lipinski definition) is 4. The second-order valence-electron chi connectivity index (χ2n) is 5.48. The summed E-state index contributed by atoms with van der Waals surface area (Å²) in [5.41, 5.74) is 3.83. The second-order valence-corrected chi connectivity index (χ2v) is 6.36.